The van der Waals surface area contributed by atoms with E-state index in [4.69, 9.17) is 15.6 Å². The van der Waals surface area contributed by atoms with Gasteiger partial charge in [-0.3, -0.25) is 15.4 Å². The standard InChI is InChI=1S/C19H27N5O5S/c1-12(20)29-16(21)15(19(2,3)4)22-17(25)24-14-9-7-6-8-13(14)23(18(24)26)10-11-30(5,27)28/h6-9,15,20-21H,10-11H2,1-5H3,(H,22,25)/t15-/m1/s1. The summed E-state index contributed by atoms with van der Waals surface area (Å²) in [6, 6.07) is 4.89. The number of fused-ring (bicyclic) bond motifs is 1. The molecule has 0 saturated heterocycles. The Bertz CT molecular complexity index is 1150. The zero-order chi connectivity index (χ0) is 22.9. The summed E-state index contributed by atoms with van der Waals surface area (Å²) < 4.78 is 30.3. The fourth-order valence-electron chi connectivity index (χ4n) is 2.96. The molecule has 1 atom stereocenters. The molecule has 0 unspecified atom stereocenters. The van der Waals surface area contributed by atoms with Gasteiger partial charge >= 0.3 is 11.7 Å². The molecule has 0 bridgehead atoms. The van der Waals surface area contributed by atoms with Crippen molar-refractivity contribution in [1.82, 2.24) is 14.5 Å². The van der Waals surface area contributed by atoms with Crippen molar-refractivity contribution in [3.63, 3.8) is 0 Å². The number of rotatable bonds is 5. The van der Waals surface area contributed by atoms with Crippen LogP contribution in [0.15, 0.2) is 29.1 Å². The minimum Gasteiger partial charge on any atom is -0.428 e. The van der Waals surface area contributed by atoms with Crippen LogP contribution in [0.4, 0.5) is 4.79 Å². The van der Waals surface area contributed by atoms with Crippen molar-refractivity contribution in [3.05, 3.63) is 34.7 Å². The van der Waals surface area contributed by atoms with Crippen molar-refractivity contribution in [1.29, 1.82) is 10.8 Å². The molecule has 1 heterocycles. The SMILES string of the molecule is CC(=N)OC(=N)[C@@H](NC(=O)n1c(=O)n(CCS(C)(=O)=O)c2ccccc21)C(C)(C)C. The van der Waals surface area contributed by atoms with E-state index in [1.54, 1.807) is 45.0 Å². The van der Waals surface area contributed by atoms with Crippen LogP contribution in [0.25, 0.3) is 11.0 Å². The van der Waals surface area contributed by atoms with E-state index in [1.165, 1.54) is 11.5 Å². The van der Waals surface area contributed by atoms with E-state index in [1.807, 2.05) is 0 Å². The highest BCUT2D eigenvalue weighted by molar-refractivity contribution is 7.90. The van der Waals surface area contributed by atoms with E-state index in [9.17, 15) is 18.0 Å². The lowest BCUT2D eigenvalue weighted by atomic mass is 9.86. The smallest absolute Gasteiger partial charge is 0.337 e. The molecule has 0 saturated carbocycles. The van der Waals surface area contributed by atoms with Gasteiger partial charge in [0.2, 0.25) is 5.90 Å². The molecule has 2 aromatic rings. The summed E-state index contributed by atoms with van der Waals surface area (Å²) in [5.74, 6) is -0.764. The molecular weight excluding hydrogens is 410 g/mol. The van der Waals surface area contributed by atoms with Crippen LogP contribution in [0.2, 0.25) is 0 Å². The number of nitrogens with one attached hydrogen (secondary N) is 3. The van der Waals surface area contributed by atoms with Gasteiger partial charge in [0, 0.05) is 19.7 Å². The van der Waals surface area contributed by atoms with Gasteiger partial charge in [-0.15, -0.1) is 0 Å². The van der Waals surface area contributed by atoms with Gasteiger partial charge in [-0.25, -0.2) is 22.6 Å². The lowest BCUT2D eigenvalue weighted by Crippen LogP contribution is -2.52. The molecule has 3 N–H and O–H groups in total. The summed E-state index contributed by atoms with van der Waals surface area (Å²) in [4.78, 5) is 26.0. The first-order valence-electron chi connectivity index (χ1n) is 9.22. The van der Waals surface area contributed by atoms with Crippen LogP contribution in [-0.2, 0) is 21.1 Å². The van der Waals surface area contributed by atoms with Gasteiger partial charge in [0.25, 0.3) is 0 Å². The van der Waals surface area contributed by atoms with Crippen LogP contribution in [0.3, 0.4) is 0 Å². The molecule has 0 aliphatic carbocycles. The summed E-state index contributed by atoms with van der Waals surface area (Å²) in [6.07, 6.45) is 1.08. The summed E-state index contributed by atoms with van der Waals surface area (Å²) in [7, 11) is -3.31. The molecule has 0 fully saturated rings. The third kappa shape index (κ3) is 5.35. The van der Waals surface area contributed by atoms with Crippen molar-refractivity contribution in [2.24, 2.45) is 5.41 Å². The lowest BCUT2D eigenvalue weighted by molar-refractivity contribution is 0.227. The number of nitrogens with zero attached hydrogens (tertiary/aromatic N) is 2. The molecule has 10 nitrogen and oxygen atoms in total. The molecule has 0 aliphatic heterocycles. The molecule has 30 heavy (non-hydrogen) atoms. The van der Waals surface area contributed by atoms with Crippen molar-refractivity contribution in [2.75, 3.05) is 12.0 Å². The van der Waals surface area contributed by atoms with E-state index >= 15 is 0 Å². The first kappa shape index (κ1) is 23.3. The van der Waals surface area contributed by atoms with Crippen LogP contribution in [-0.4, -0.2) is 53.4 Å². The second-order valence-electron chi connectivity index (χ2n) is 8.16. The number of carbonyl (C=O) groups excluding carboxylic acids is 1. The predicted octanol–water partition coefficient (Wildman–Crippen LogP) is 1.81. The van der Waals surface area contributed by atoms with Gasteiger partial charge in [-0.2, -0.15) is 0 Å². The van der Waals surface area contributed by atoms with Crippen LogP contribution in [0.5, 0.6) is 0 Å². The third-order valence-corrected chi connectivity index (χ3v) is 5.31. The summed E-state index contributed by atoms with van der Waals surface area (Å²) in [5, 5.41) is 18.2. The van der Waals surface area contributed by atoms with E-state index in [0.29, 0.717) is 11.0 Å². The Labute approximate surface area is 174 Å². The summed E-state index contributed by atoms with van der Waals surface area (Å²) >= 11 is 0. The normalized spacial score (nSPS) is 13.1. The maximum atomic E-state index is 13.1. The molecule has 1 aromatic carbocycles. The molecule has 164 valence electrons. The number of ether oxygens (including phenoxy) is 1. The number of carbonyl (C=O) groups is 1. The van der Waals surface area contributed by atoms with E-state index in [2.05, 4.69) is 5.32 Å². The number of benzene rings is 1. The number of hydrogen-bond donors (Lipinski definition) is 3. The van der Waals surface area contributed by atoms with Crippen molar-refractivity contribution >= 4 is 38.7 Å². The highest BCUT2D eigenvalue weighted by atomic mass is 32.2. The zero-order valence-electron chi connectivity index (χ0n) is 17.6. The molecule has 1 amide bonds. The number of amides is 1. The number of para-hydroxylation sites is 2. The Morgan fingerprint density at radius 3 is 2.27 bits per heavy atom. The van der Waals surface area contributed by atoms with Crippen molar-refractivity contribution in [3.8, 4) is 0 Å². The number of sulfone groups is 1. The largest absolute Gasteiger partial charge is 0.428 e. The van der Waals surface area contributed by atoms with E-state index in [0.717, 1.165) is 10.8 Å². The average molecular weight is 438 g/mol. The monoisotopic (exact) mass is 437 g/mol. The number of aromatic nitrogens is 2. The maximum absolute atomic E-state index is 13.1. The quantitative estimate of drug-likeness (QED) is 0.482. The van der Waals surface area contributed by atoms with Crippen molar-refractivity contribution < 1.29 is 17.9 Å². The number of aryl methyl sites for hydroxylation is 1. The van der Waals surface area contributed by atoms with Gasteiger partial charge in [-0.05, 0) is 17.5 Å². The Kier molecular flexibility index (Phi) is 6.55. The first-order chi connectivity index (χ1) is 13.7. The third-order valence-electron chi connectivity index (χ3n) is 4.38. The molecular formula is C19H27N5O5S. The van der Waals surface area contributed by atoms with Gasteiger partial charge in [0.15, 0.2) is 5.90 Å². The molecule has 0 aliphatic rings. The first-order valence-corrected chi connectivity index (χ1v) is 11.3. The van der Waals surface area contributed by atoms with Crippen LogP contribution < -0.4 is 11.0 Å². The van der Waals surface area contributed by atoms with Gasteiger partial charge in [0.1, 0.15) is 15.9 Å². The second kappa shape index (κ2) is 8.42. The predicted molar refractivity (Wildman–Crippen MR) is 115 cm³/mol. The lowest BCUT2D eigenvalue weighted by Gasteiger charge is -2.30. The van der Waals surface area contributed by atoms with Crippen LogP contribution in [0.1, 0.15) is 27.7 Å². The second-order valence-corrected chi connectivity index (χ2v) is 10.4. The van der Waals surface area contributed by atoms with Crippen molar-refractivity contribution in [2.45, 2.75) is 40.3 Å². The zero-order valence-corrected chi connectivity index (χ0v) is 18.5. The molecule has 0 spiro atoms. The van der Waals surface area contributed by atoms with Crippen LogP contribution >= 0.6 is 0 Å². The summed E-state index contributed by atoms with van der Waals surface area (Å²) in [6.45, 7) is 6.64. The highest BCUT2D eigenvalue weighted by Crippen LogP contribution is 2.21. The Morgan fingerprint density at radius 1 is 1.20 bits per heavy atom. The minimum atomic E-state index is -3.31. The fourth-order valence-corrected chi connectivity index (χ4v) is 3.48. The molecule has 2 rings (SSSR count). The highest BCUT2D eigenvalue weighted by Gasteiger charge is 2.33. The average Bonchev–Trinajstić information content (AvgIpc) is 2.86. The van der Waals surface area contributed by atoms with Crippen LogP contribution in [0, 0.1) is 16.2 Å². The Balaban J connectivity index is 2.49. The maximum Gasteiger partial charge on any atom is 0.337 e. The topological polar surface area (TPSA) is 147 Å². The van der Waals surface area contributed by atoms with Gasteiger partial charge in [-0.1, -0.05) is 32.9 Å². The minimum absolute atomic E-state index is 0.0902. The van der Waals surface area contributed by atoms with Gasteiger partial charge < -0.3 is 10.1 Å². The summed E-state index contributed by atoms with van der Waals surface area (Å²) in [5.41, 5.74) is -0.576. The Hall–Kier alpha value is -2.95. The van der Waals surface area contributed by atoms with E-state index in [-0.39, 0.29) is 24.1 Å². The fraction of sp³-hybridized carbons (Fsp3) is 0.474. The molecule has 11 heteroatoms. The van der Waals surface area contributed by atoms with E-state index < -0.39 is 33.0 Å². The Morgan fingerprint density at radius 2 is 1.77 bits per heavy atom. The number of hydrogen-bond acceptors (Lipinski definition) is 7. The molecule has 0 radical (unpaired) electrons. The van der Waals surface area contributed by atoms with Gasteiger partial charge in [0.05, 0.1) is 16.8 Å². The number of imidazole rings is 1. The molecule has 1 aromatic heterocycles.